The first-order valence-electron chi connectivity index (χ1n) is 14.6. The summed E-state index contributed by atoms with van der Waals surface area (Å²) in [6, 6.07) is 22.5. The van der Waals surface area contributed by atoms with Crippen molar-refractivity contribution in [2.75, 3.05) is 0 Å². The fraction of sp³-hybridized carbons (Fsp3) is 0.344. The van der Waals surface area contributed by atoms with Crippen LogP contribution < -0.4 is 0 Å². The molecule has 1 aliphatic heterocycles. The number of amides is 1. The van der Waals surface area contributed by atoms with Gasteiger partial charge in [0.1, 0.15) is 11.4 Å². The minimum atomic E-state index is -4.02. The Hall–Kier alpha value is -4.22. The maximum atomic E-state index is 13.4. The summed E-state index contributed by atoms with van der Waals surface area (Å²) in [4.78, 5) is 20.2. The van der Waals surface area contributed by atoms with E-state index in [-0.39, 0.29) is 10.8 Å². The lowest BCUT2D eigenvalue weighted by molar-refractivity contribution is -0.131. The zero-order chi connectivity index (χ0) is 30.5. The number of hydrogen-bond acceptors (Lipinski definition) is 7. The molecule has 2 aliphatic rings. The Kier molecular flexibility index (Phi) is 9.12. The van der Waals surface area contributed by atoms with Crippen molar-refractivity contribution in [3.05, 3.63) is 83.9 Å². The molecular formula is C32H36N6O4S. The highest BCUT2D eigenvalue weighted by Gasteiger charge is 2.49. The Morgan fingerprint density at radius 3 is 2.23 bits per heavy atom. The second-order valence-corrected chi connectivity index (χ2v) is 12.5. The molecule has 0 bridgehead atoms. The molecule has 1 spiro atoms. The fourth-order valence-electron chi connectivity index (χ4n) is 5.60. The van der Waals surface area contributed by atoms with E-state index in [1.807, 2.05) is 30.0 Å². The van der Waals surface area contributed by atoms with Gasteiger partial charge in [-0.25, -0.2) is 5.10 Å². The van der Waals surface area contributed by atoms with Gasteiger partial charge in [-0.2, -0.15) is 8.42 Å². The molecule has 1 amide bonds. The van der Waals surface area contributed by atoms with E-state index in [2.05, 4.69) is 57.9 Å². The number of rotatable bonds is 8. The Balaban J connectivity index is 0.000000283. The Labute approximate surface area is 252 Å². The number of tetrazole rings is 1. The molecule has 2 N–H and O–H groups in total. The number of hydrogen-bond donors (Lipinski definition) is 2. The minimum Gasteiger partial charge on any atom is -0.294 e. The van der Waals surface area contributed by atoms with Crippen molar-refractivity contribution in [1.29, 1.82) is 0 Å². The molecule has 43 heavy (non-hydrogen) atoms. The van der Waals surface area contributed by atoms with Gasteiger partial charge in [-0.3, -0.25) is 19.2 Å². The predicted molar refractivity (Wildman–Crippen MR) is 165 cm³/mol. The highest BCUT2D eigenvalue weighted by atomic mass is 32.2. The number of unbranched alkanes of at least 4 members (excludes halogenated alkanes) is 1. The number of aromatic amines is 1. The molecule has 1 fully saturated rings. The van der Waals surface area contributed by atoms with E-state index >= 15 is 0 Å². The fourth-order valence-corrected chi connectivity index (χ4v) is 6.08. The molecule has 6 rings (SSSR count). The van der Waals surface area contributed by atoms with E-state index < -0.39 is 15.7 Å². The summed E-state index contributed by atoms with van der Waals surface area (Å²) in [5.41, 5.74) is 4.69. The molecule has 0 saturated heterocycles. The lowest BCUT2D eigenvalue weighted by atomic mass is 9.97. The van der Waals surface area contributed by atoms with Crippen LogP contribution in [0.15, 0.2) is 82.7 Å². The molecule has 2 heterocycles. The van der Waals surface area contributed by atoms with E-state index in [1.165, 1.54) is 12.1 Å². The molecule has 3 aromatic carbocycles. The van der Waals surface area contributed by atoms with Crippen LogP contribution in [0.4, 0.5) is 0 Å². The van der Waals surface area contributed by atoms with E-state index in [0.29, 0.717) is 12.4 Å². The summed E-state index contributed by atoms with van der Waals surface area (Å²) in [6.45, 7) is 4.60. The third-order valence-corrected chi connectivity index (χ3v) is 8.80. The summed E-state index contributed by atoms with van der Waals surface area (Å²) in [5.74, 6) is 1.82. The molecule has 1 aromatic heterocycles. The normalized spacial score (nSPS) is 15.8. The topological polar surface area (TPSA) is 141 Å². The largest absolute Gasteiger partial charge is 0.294 e. The Morgan fingerprint density at radius 1 is 0.953 bits per heavy atom. The van der Waals surface area contributed by atoms with Crippen LogP contribution >= 0.6 is 0 Å². The van der Waals surface area contributed by atoms with E-state index in [4.69, 9.17) is 9.55 Å². The number of benzene rings is 3. The van der Waals surface area contributed by atoms with Crippen LogP contribution in [0, 0.1) is 6.92 Å². The van der Waals surface area contributed by atoms with Crippen LogP contribution in [0.3, 0.4) is 0 Å². The lowest BCUT2D eigenvalue weighted by Crippen LogP contribution is -2.40. The number of aliphatic imine (C=N–C) groups is 1. The zero-order valence-electron chi connectivity index (χ0n) is 24.4. The molecule has 224 valence electrons. The van der Waals surface area contributed by atoms with Crippen molar-refractivity contribution < 1.29 is 17.8 Å². The highest BCUT2D eigenvalue weighted by molar-refractivity contribution is 7.85. The van der Waals surface area contributed by atoms with Crippen LogP contribution in [0.25, 0.3) is 22.5 Å². The summed E-state index contributed by atoms with van der Waals surface area (Å²) in [7, 11) is -4.02. The molecule has 1 saturated carbocycles. The number of aryl methyl sites for hydroxylation is 1. The van der Waals surface area contributed by atoms with Crippen molar-refractivity contribution in [3.63, 3.8) is 0 Å². The van der Waals surface area contributed by atoms with Crippen molar-refractivity contribution in [2.24, 2.45) is 4.99 Å². The second kappa shape index (κ2) is 13.0. The number of aromatic nitrogens is 4. The van der Waals surface area contributed by atoms with Crippen molar-refractivity contribution in [2.45, 2.75) is 75.8 Å². The van der Waals surface area contributed by atoms with Crippen molar-refractivity contribution >= 4 is 21.9 Å². The molecule has 0 atom stereocenters. The van der Waals surface area contributed by atoms with Crippen LogP contribution in [-0.2, 0) is 21.5 Å². The lowest BCUT2D eigenvalue weighted by Gasteiger charge is -2.23. The molecular weight excluding hydrogens is 564 g/mol. The third kappa shape index (κ3) is 6.89. The zero-order valence-corrected chi connectivity index (χ0v) is 25.2. The Morgan fingerprint density at radius 2 is 1.63 bits per heavy atom. The minimum absolute atomic E-state index is 0.0666. The maximum Gasteiger partial charge on any atom is 0.294 e. The van der Waals surface area contributed by atoms with Gasteiger partial charge in [0, 0.05) is 12.0 Å². The first-order valence-corrected chi connectivity index (χ1v) is 16.0. The second-order valence-electron chi connectivity index (χ2n) is 11.0. The molecule has 4 aromatic rings. The van der Waals surface area contributed by atoms with Gasteiger partial charge in [0.25, 0.3) is 16.0 Å². The summed E-state index contributed by atoms with van der Waals surface area (Å²) < 4.78 is 29.6. The van der Waals surface area contributed by atoms with Crippen molar-refractivity contribution in [3.8, 4) is 22.5 Å². The molecule has 11 heteroatoms. The number of H-pyrrole nitrogens is 1. The third-order valence-electron chi connectivity index (χ3n) is 7.93. The average molecular weight is 601 g/mol. The highest BCUT2D eigenvalue weighted by Crippen LogP contribution is 2.40. The predicted octanol–water partition coefficient (Wildman–Crippen LogP) is 6.02. The first-order chi connectivity index (χ1) is 20.7. The van der Waals surface area contributed by atoms with E-state index in [1.54, 1.807) is 12.1 Å². The Bertz CT molecular complexity index is 1680. The molecule has 1 aliphatic carbocycles. The first kappa shape index (κ1) is 30.2. The summed E-state index contributed by atoms with van der Waals surface area (Å²) in [5, 5.41) is 14.3. The summed E-state index contributed by atoms with van der Waals surface area (Å²) >= 11 is 0. The van der Waals surface area contributed by atoms with Gasteiger partial charge in [-0.05, 0) is 65.4 Å². The standard InChI is InChI=1S/C25H28N6O.C7H8O3S/c1-2-3-10-22-26-25(15-6-7-16-25)24(32)31(22)17-18-11-13-19(14-12-18)20-8-4-5-9-21(20)23-27-29-30-28-23;1-6-2-4-7(5-3-6)11(8,9)10/h4-5,8-9,11-14H,2-3,6-7,10,15-17H2,1H3,(H,27,28,29,30);2-5H,1H3,(H,8,9,10). The quantitative estimate of drug-likeness (QED) is 0.236. The summed E-state index contributed by atoms with van der Waals surface area (Å²) in [6.07, 6.45) is 7.01. The number of amidine groups is 1. The van der Waals surface area contributed by atoms with E-state index in [9.17, 15) is 13.2 Å². The van der Waals surface area contributed by atoms with Crippen LogP contribution in [-0.4, -0.2) is 55.8 Å². The average Bonchev–Trinajstić information content (AvgIpc) is 3.76. The van der Waals surface area contributed by atoms with Gasteiger partial charge in [-0.15, -0.1) is 5.10 Å². The van der Waals surface area contributed by atoms with Gasteiger partial charge in [0.2, 0.25) is 0 Å². The number of nitrogens with one attached hydrogen (secondary N) is 1. The molecule has 10 nitrogen and oxygen atoms in total. The van der Waals surface area contributed by atoms with Gasteiger partial charge in [0.05, 0.1) is 11.4 Å². The van der Waals surface area contributed by atoms with Gasteiger partial charge in [-0.1, -0.05) is 92.4 Å². The van der Waals surface area contributed by atoms with Gasteiger partial charge < -0.3 is 0 Å². The number of nitrogens with zero attached hydrogens (tertiary/aromatic N) is 5. The number of carbonyl (C=O) groups excluding carboxylic acids is 1. The SMILES string of the molecule is CCCCC1=NC2(CCCC2)C(=O)N1Cc1ccc(-c2ccccc2-c2nnn[nH]2)cc1.Cc1ccc(S(=O)(=O)O)cc1. The van der Waals surface area contributed by atoms with E-state index in [0.717, 1.165) is 78.6 Å². The molecule has 0 radical (unpaired) electrons. The van der Waals surface area contributed by atoms with Gasteiger partial charge >= 0.3 is 0 Å². The van der Waals surface area contributed by atoms with Gasteiger partial charge in [0.15, 0.2) is 5.82 Å². The molecule has 0 unspecified atom stereocenters. The monoisotopic (exact) mass is 600 g/mol. The number of carbonyl (C=O) groups is 1. The van der Waals surface area contributed by atoms with Crippen LogP contribution in [0.1, 0.15) is 63.0 Å². The van der Waals surface area contributed by atoms with Crippen molar-refractivity contribution in [1.82, 2.24) is 25.5 Å². The van der Waals surface area contributed by atoms with Crippen LogP contribution in [0.5, 0.6) is 0 Å². The smallest absolute Gasteiger partial charge is 0.294 e. The van der Waals surface area contributed by atoms with Crippen LogP contribution in [0.2, 0.25) is 0 Å². The maximum absolute atomic E-state index is 13.4.